The smallest absolute Gasteiger partial charge is 0.331 e. The molecule has 7 nitrogen and oxygen atoms in total. The molecule has 0 aromatic heterocycles. The van der Waals surface area contributed by atoms with Gasteiger partial charge < -0.3 is 9.84 Å². The van der Waals surface area contributed by atoms with Crippen molar-refractivity contribution >= 4 is 22.1 Å². The molecule has 0 aromatic carbocycles. The zero-order chi connectivity index (χ0) is 24.0. The van der Waals surface area contributed by atoms with Crippen LogP contribution in [0.3, 0.4) is 0 Å². The molecule has 0 saturated heterocycles. The summed E-state index contributed by atoms with van der Waals surface area (Å²) in [6, 6.07) is 0. The third-order valence-electron chi connectivity index (χ3n) is 6.97. The molecule has 0 heterocycles. The van der Waals surface area contributed by atoms with Crippen molar-refractivity contribution in [1.82, 2.24) is 0 Å². The summed E-state index contributed by atoms with van der Waals surface area (Å²) >= 11 is 0. The predicted molar refractivity (Wildman–Crippen MR) is 118 cm³/mol. The van der Waals surface area contributed by atoms with Crippen molar-refractivity contribution in [3.63, 3.8) is 0 Å². The molecular weight excluding hydrogens is 408 g/mol. The maximum Gasteiger partial charge on any atom is 0.331 e. The maximum atomic E-state index is 13.4. The Bertz CT molecular complexity index is 682. The van der Waals surface area contributed by atoms with E-state index in [1.165, 1.54) is 13.8 Å². The minimum absolute atomic E-state index is 0.0778. The number of esters is 1. The van der Waals surface area contributed by atoms with E-state index in [0.29, 0.717) is 6.42 Å². The van der Waals surface area contributed by atoms with Crippen LogP contribution < -0.4 is 0 Å². The first-order chi connectivity index (χ1) is 13.5. The highest BCUT2D eigenvalue weighted by Crippen LogP contribution is 2.49. The van der Waals surface area contributed by atoms with E-state index in [1.807, 2.05) is 20.8 Å². The number of aliphatic carboxylic acids is 1. The lowest BCUT2D eigenvalue weighted by Gasteiger charge is -2.46. The first-order valence-corrected chi connectivity index (χ1v) is 12.4. The number of unbranched alkanes of at least 4 members (excludes halogenated alkanes) is 2. The van der Waals surface area contributed by atoms with Gasteiger partial charge in [-0.25, -0.2) is 0 Å². The Kier molecular flexibility index (Phi) is 10.5. The normalized spacial score (nSPS) is 17.1. The first kappa shape index (κ1) is 28.9. The summed E-state index contributed by atoms with van der Waals surface area (Å²) in [5.41, 5.74) is -2.41. The highest BCUT2D eigenvalue weighted by molar-refractivity contribution is 7.88. The van der Waals surface area contributed by atoms with Gasteiger partial charge in [-0.05, 0) is 32.1 Å². The summed E-state index contributed by atoms with van der Waals surface area (Å²) < 4.78 is 38.7. The van der Waals surface area contributed by atoms with Gasteiger partial charge in [-0.2, -0.15) is 8.42 Å². The quantitative estimate of drug-likeness (QED) is 0.279. The summed E-state index contributed by atoms with van der Waals surface area (Å²) in [6.45, 7) is 14.1. The number of carboxylic acid groups (broad SMARTS) is 1. The molecule has 3 atom stereocenters. The molecule has 0 amide bonds. The number of hydrogen-bond acceptors (Lipinski definition) is 5. The third kappa shape index (κ3) is 6.42. The van der Waals surface area contributed by atoms with Crippen LogP contribution in [0.2, 0.25) is 0 Å². The standard InChI is InChI=1S/C22H42O7S/c1-9-11-13-16(3)20(5,6)22(15-18(23)24,30(26,27)28)19(25)29-21(7,8)17(4)14-12-10-2/h16-17H,9-15H2,1-8H3,(H,23,24)(H,26,27,28). The molecule has 0 rings (SSSR count). The Morgan fingerprint density at radius 1 is 0.933 bits per heavy atom. The molecule has 0 aliphatic carbocycles. The third-order valence-corrected chi connectivity index (χ3v) is 8.68. The van der Waals surface area contributed by atoms with E-state index in [0.717, 1.165) is 32.1 Å². The summed E-state index contributed by atoms with van der Waals surface area (Å²) in [5.74, 6) is -3.12. The largest absolute Gasteiger partial charge is 0.481 e. The molecule has 0 radical (unpaired) electrons. The van der Waals surface area contributed by atoms with Crippen LogP contribution in [0.15, 0.2) is 0 Å². The summed E-state index contributed by atoms with van der Waals surface area (Å²) in [6.07, 6.45) is 3.82. The highest BCUT2D eigenvalue weighted by Gasteiger charge is 2.65. The lowest BCUT2D eigenvalue weighted by atomic mass is 9.66. The van der Waals surface area contributed by atoms with E-state index < -0.39 is 44.2 Å². The van der Waals surface area contributed by atoms with Crippen molar-refractivity contribution in [1.29, 1.82) is 0 Å². The Balaban J connectivity index is 6.43. The van der Waals surface area contributed by atoms with Gasteiger partial charge in [0.2, 0.25) is 4.75 Å². The molecule has 0 aliphatic heterocycles. The molecule has 0 aliphatic rings. The Morgan fingerprint density at radius 3 is 1.73 bits per heavy atom. The number of carbonyl (C=O) groups is 2. The minimum atomic E-state index is -5.12. The molecule has 0 fully saturated rings. The number of carbonyl (C=O) groups excluding carboxylic acids is 1. The van der Waals surface area contributed by atoms with Crippen LogP contribution in [-0.2, 0) is 24.4 Å². The molecule has 3 unspecified atom stereocenters. The molecule has 2 N–H and O–H groups in total. The molecule has 8 heteroatoms. The number of carboxylic acids is 1. The van der Waals surface area contributed by atoms with E-state index >= 15 is 0 Å². The van der Waals surface area contributed by atoms with Crippen molar-refractivity contribution in [2.75, 3.05) is 0 Å². The maximum absolute atomic E-state index is 13.4. The monoisotopic (exact) mass is 450 g/mol. The van der Waals surface area contributed by atoms with Crippen LogP contribution in [-0.4, -0.2) is 40.4 Å². The second-order valence-corrected chi connectivity index (χ2v) is 11.3. The summed E-state index contributed by atoms with van der Waals surface area (Å²) in [7, 11) is -5.12. The summed E-state index contributed by atoms with van der Waals surface area (Å²) in [4.78, 5) is 25.1. The number of hydrogen-bond donors (Lipinski definition) is 2. The second-order valence-electron chi connectivity index (χ2n) is 9.67. The average molecular weight is 451 g/mol. The number of rotatable bonds is 14. The van der Waals surface area contributed by atoms with Gasteiger partial charge in [-0.3, -0.25) is 14.1 Å². The zero-order valence-corrected chi connectivity index (χ0v) is 20.8. The highest BCUT2D eigenvalue weighted by atomic mass is 32.2. The zero-order valence-electron chi connectivity index (χ0n) is 19.9. The fourth-order valence-electron chi connectivity index (χ4n) is 3.85. The number of ether oxygens (including phenoxy) is 1. The molecule has 178 valence electrons. The Morgan fingerprint density at radius 2 is 1.37 bits per heavy atom. The van der Waals surface area contributed by atoms with Crippen LogP contribution in [0.5, 0.6) is 0 Å². The van der Waals surface area contributed by atoms with Crippen LogP contribution in [0.1, 0.15) is 100 Å². The van der Waals surface area contributed by atoms with Crippen LogP contribution in [0.25, 0.3) is 0 Å². The molecule has 0 bridgehead atoms. The summed E-state index contributed by atoms with van der Waals surface area (Å²) in [5, 5.41) is 9.52. The van der Waals surface area contributed by atoms with Gasteiger partial charge >= 0.3 is 11.9 Å². The van der Waals surface area contributed by atoms with Crippen LogP contribution in [0, 0.1) is 17.3 Å². The Labute approximate surface area is 182 Å². The van der Waals surface area contributed by atoms with E-state index in [9.17, 15) is 27.7 Å². The van der Waals surface area contributed by atoms with E-state index in [1.54, 1.807) is 20.8 Å². The topological polar surface area (TPSA) is 118 Å². The van der Waals surface area contributed by atoms with Crippen molar-refractivity contribution in [2.45, 2.75) is 111 Å². The second kappa shape index (κ2) is 10.9. The van der Waals surface area contributed by atoms with Gasteiger partial charge in [0.25, 0.3) is 10.1 Å². The van der Waals surface area contributed by atoms with Crippen molar-refractivity contribution in [3.8, 4) is 0 Å². The molecule has 0 aromatic rings. The van der Waals surface area contributed by atoms with Crippen LogP contribution in [0.4, 0.5) is 0 Å². The van der Waals surface area contributed by atoms with Gasteiger partial charge in [-0.1, -0.05) is 73.6 Å². The molecule has 0 spiro atoms. The predicted octanol–water partition coefficient (Wildman–Crippen LogP) is 5.09. The Hall–Kier alpha value is -1.15. The first-order valence-electron chi connectivity index (χ1n) is 10.9. The lowest BCUT2D eigenvalue weighted by Crippen LogP contribution is -2.62. The van der Waals surface area contributed by atoms with E-state index in [2.05, 4.69) is 0 Å². The fraction of sp³-hybridized carbons (Fsp3) is 0.909. The van der Waals surface area contributed by atoms with Crippen molar-refractivity contribution < 1.29 is 32.4 Å². The molecule has 30 heavy (non-hydrogen) atoms. The van der Waals surface area contributed by atoms with Gasteiger partial charge in [0.15, 0.2) is 0 Å². The van der Waals surface area contributed by atoms with Crippen molar-refractivity contribution in [3.05, 3.63) is 0 Å². The van der Waals surface area contributed by atoms with E-state index in [4.69, 9.17) is 4.74 Å². The van der Waals surface area contributed by atoms with E-state index in [-0.39, 0.29) is 11.8 Å². The minimum Gasteiger partial charge on any atom is -0.481 e. The van der Waals surface area contributed by atoms with Gasteiger partial charge in [-0.15, -0.1) is 0 Å². The SMILES string of the molecule is CCCCC(C)C(C)(C)OC(=O)C(CC(=O)O)(C(C)(C)C(C)CCCC)S(=O)(=O)O. The van der Waals surface area contributed by atoms with Gasteiger partial charge in [0, 0.05) is 5.41 Å². The van der Waals surface area contributed by atoms with Gasteiger partial charge in [0.1, 0.15) is 5.60 Å². The van der Waals surface area contributed by atoms with Crippen molar-refractivity contribution in [2.24, 2.45) is 17.3 Å². The van der Waals surface area contributed by atoms with Crippen LogP contribution >= 0.6 is 0 Å². The average Bonchev–Trinajstić information content (AvgIpc) is 2.59. The molecular formula is C22H42O7S. The molecule has 0 saturated carbocycles. The van der Waals surface area contributed by atoms with Gasteiger partial charge in [0.05, 0.1) is 6.42 Å². The lowest BCUT2D eigenvalue weighted by molar-refractivity contribution is -0.172. The fourth-order valence-corrected chi connectivity index (χ4v) is 5.28.